The van der Waals surface area contributed by atoms with Gasteiger partial charge in [0.25, 0.3) is 5.91 Å². The highest BCUT2D eigenvalue weighted by Gasteiger charge is 2.31. The average Bonchev–Trinajstić information content (AvgIpc) is 2.46. The average molecular weight is 373 g/mol. The van der Waals surface area contributed by atoms with Crippen LogP contribution in [-0.2, 0) is 6.18 Å². The van der Waals surface area contributed by atoms with Crippen molar-refractivity contribution in [1.82, 2.24) is 9.97 Å². The molecule has 0 aliphatic heterocycles. The molecule has 25 heavy (non-hydrogen) atoms. The summed E-state index contributed by atoms with van der Waals surface area (Å²) < 4.78 is 38.4. The molecule has 0 spiro atoms. The first kappa shape index (κ1) is 19.0. The van der Waals surface area contributed by atoms with Crippen molar-refractivity contribution in [3.63, 3.8) is 0 Å². The van der Waals surface area contributed by atoms with E-state index >= 15 is 0 Å². The number of carbonyl (C=O) groups is 1. The summed E-state index contributed by atoms with van der Waals surface area (Å²) in [4.78, 5) is 20.1. The Hall–Kier alpha value is -2.35. The number of hydrogen-bond donors (Lipinski definition) is 2. The molecule has 0 aliphatic rings. The zero-order valence-electron chi connectivity index (χ0n) is 13.7. The second kappa shape index (κ2) is 6.87. The van der Waals surface area contributed by atoms with Gasteiger partial charge in [0.15, 0.2) is 0 Å². The fourth-order valence-electron chi connectivity index (χ4n) is 1.92. The van der Waals surface area contributed by atoms with Crippen molar-refractivity contribution in [2.24, 2.45) is 0 Å². The third-order valence-corrected chi connectivity index (χ3v) is 3.27. The number of nitrogens with one attached hydrogen (secondary N) is 2. The van der Waals surface area contributed by atoms with E-state index < -0.39 is 17.6 Å². The quantitative estimate of drug-likeness (QED) is 0.825. The van der Waals surface area contributed by atoms with E-state index in [2.05, 4.69) is 20.6 Å². The maximum atomic E-state index is 12.8. The predicted molar refractivity (Wildman–Crippen MR) is 89.8 cm³/mol. The maximum absolute atomic E-state index is 12.8. The molecule has 5 nitrogen and oxygen atoms in total. The van der Waals surface area contributed by atoms with E-state index in [4.69, 9.17) is 11.6 Å². The van der Waals surface area contributed by atoms with Gasteiger partial charge in [0.05, 0.1) is 16.3 Å². The number of rotatable bonds is 3. The third kappa shape index (κ3) is 5.32. The van der Waals surface area contributed by atoms with Crippen molar-refractivity contribution in [2.75, 3.05) is 10.6 Å². The molecule has 1 aromatic heterocycles. The minimum absolute atomic E-state index is 0.00442. The van der Waals surface area contributed by atoms with Gasteiger partial charge in [-0.25, -0.2) is 9.97 Å². The predicted octanol–water partition coefficient (Wildman–Crippen LogP) is 4.61. The van der Waals surface area contributed by atoms with Gasteiger partial charge in [-0.05, 0) is 39.0 Å². The molecule has 1 amide bonds. The molecule has 2 aromatic rings. The van der Waals surface area contributed by atoms with E-state index in [1.807, 2.05) is 20.8 Å². The van der Waals surface area contributed by atoms with Crippen LogP contribution in [0.3, 0.4) is 0 Å². The summed E-state index contributed by atoms with van der Waals surface area (Å²) in [5.74, 6) is -0.275. The lowest BCUT2D eigenvalue weighted by Crippen LogP contribution is -2.27. The minimum Gasteiger partial charge on any atom is -0.365 e. The Morgan fingerprint density at radius 3 is 2.40 bits per heavy atom. The van der Waals surface area contributed by atoms with Crippen molar-refractivity contribution in [3.05, 3.63) is 46.9 Å². The highest BCUT2D eigenvalue weighted by molar-refractivity contribution is 6.33. The highest BCUT2D eigenvalue weighted by atomic mass is 35.5. The van der Waals surface area contributed by atoms with Crippen molar-refractivity contribution in [1.29, 1.82) is 0 Å². The molecule has 2 rings (SSSR count). The first-order valence-electron chi connectivity index (χ1n) is 7.24. The lowest BCUT2D eigenvalue weighted by molar-refractivity contribution is -0.137. The van der Waals surface area contributed by atoms with Crippen LogP contribution in [0.15, 0.2) is 30.6 Å². The number of carbonyl (C=O) groups excluding carboxylic acids is 1. The standard InChI is InChI=1S/C16H16ClF3N4O/c1-15(2,3)24-13-7-12(21-8-22-13)14(25)23-11-6-9(16(18,19)20)4-5-10(11)17/h4-8H,1-3H3,(H,23,25)(H,21,22,24). The van der Waals surface area contributed by atoms with Gasteiger partial charge in [0, 0.05) is 11.6 Å². The third-order valence-electron chi connectivity index (χ3n) is 2.94. The molecule has 1 aromatic carbocycles. The molecule has 0 radical (unpaired) electrons. The Morgan fingerprint density at radius 2 is 1.80 bits per heavy atom. The van der Waals surface area contributed by atoms with E-state index in [1.165, 1.54) is 12.4 Å². The van der Waals surface area contributed by atoms with Crippen LogP contribution in [0.25, 0.3) is 0 Å². The number of halogens is 4. The van der Waals surface area contributed by atoms with E-state index in [0.29, 0.717) is 5.82 Å². The summed E-state index contributed by atoms with van der Waals surface area (Å²) in [5, 5.41) is 5.40. The summed E-state index contributed by atoms with van der Waals surface area (Å²) in [5.41, 5.74) is -1.35. The molecule has 0 bridgehead atoms. The molecule has 0 atom stereocenters. The van der Waals surface area contributed by atoms with E-state index in [9.17, 15) is 18.0 Å². The number of aromatic nitrogens is 2. The summed E-state index contributed by atoms with van der Waals surface area (Å²) in [6.45, 7) is 5.74. The molecule has 0 aliphatic carbocycles. The largest absolute Gasteiger partial charge is 0.416 e. The Kier molecular flexibility index (Phi) is 5.22. The van der Waals surface area contributed by atoms with Gasteiger partial charge in [-0.1, -0.05) is 11.6 Å². The molecule has 9 heteroatoms. The summed E-state index contributed by atoms with van der Waals surface area (Å²) in [6.07, 6.45) is -3.35. The smallest absolute Gasteiger partial charge is 0.365 e. The monoisotopic (exact) mass is 372 g/mol. The molecular weight excluding hydrogens is 357 g/mol. The van der Waals surface area contributed by atoms with Gasteiger partial charge in [0.1, 0.15) is 17.8 Å². The Labute approximate surface area is 147 Å². The van der Waals surface area contributed by atoms with Gasteiger partial charge in [-0.2, -0.15) is 13.2 Å². The van der Waals surface area contributed by atoms with Crippen LogP contribution in [0, 0.1) is 0 Å². The lowest BCUT2D eigenvalue weighted by Gasteiger charge is -2.21. The number of benzene rings is 1. The van der Waals surface area contributed by atoms with Crippen LogP contribution >= 0.6 is 11.6 Å². The Morgan fingerprint density at radius 1 is 1.12 bits per heavy atom. The second-order valence-electron chi connectivity index (χ2n) is 6.31. The van der Waals surface area contributed by atoms with Crippen LogP contribution in [0.5, 0.6) is 0 Å². The number of nitrogens with zero attached hydrogens (tertiary/aromatic N) is 2. The fraction of sp³-hybridized carbons (Fsp3) is 0.312. The van der Waals surface area contributed by atoms with Crippen LogP contribution in [0.4, 0.5) is 24.7 Å². The van der Waals surface area contributed by atoms with E-state index in [0.717, 1.165) is 18.2 Å². The molecule has 134 valence electrons. The van der Waals surface area contributed by atoms with Crippen LogP contribution in [-0.4, -0.2) is 21.4 Å². The van der Waals surface area contributed by atoms with E-state index in [-0.39, 0.29) is 21.9 Å². The zero-order chi connectivity index (χ0) is 18.8. The molecular formula is C16H16ClF3N4O. The van der Waals surface area contributed by atoms with Gasteiger partial charge in [-0.15, -0.1) is 0 Å². The minimum atomic E-state index is -4.54. The van der Waals surface area contributed by atoms with E-state index in [1.54, 1.807) is 0 Å². The van der Waals surface area contributed by atoms with Crippen molar-refractivity contribution < 1.29 is 18.0 Å². The Bertz CT molecular complexity index is 788. The van der Waals surface area contributed by atoms with Gasteiger partial charge >= 0.3 is 6.18 Å². The summed E-state index contributed by atoms with van der Waals surface area (Å²) in [7, 11) is 0. The SMILES string of the molecule is CC(C)(C)Nc1cc(C(=O)Nc2cc(C(F)(F)F)ccc2Cl)ncn1. The molecule has 1 heterocycles. The lowest BCUT2D eigenvalue weighted by atomic mass is 10.1. The van der Waals surface area contributed by atoms with Gasteiger partial charge < -0.3 is 10.6 Å². The molecule has 2 N–H and O–H groups in total. The summed E-state index contributed by atoms with van der Waals surface area (Å²) >= 11 is 5.87. The van der Waals surface area contributed by atoms with Crippen molar-refractivity contribution in [2.45, 2.75) is 32.5 Å². The Balaban J connectivity index is 2.24. The fourth-order valence-corrected chi connectivity index (χ4v) is 2.08. The molecule has 0 fully saturated rings. The molecule has 0 saturated heterocycles. The van der Waals surface area contributed by atoms with Gasteiger partial charge in [0.2, 0.25) is 0 Å². The van der Waals surface area contributed by atoms with Crippen LogP contribution in [0.2, 0.25) is 5.02 Å². The van der Waals surface area contributed by atoms with Crippen LogP contribution < -0.4 is 10.6 Å². The highest BCUT2D eigenvalue weighted by Crippen LogP contribution is 2.34. The van der Waals surface area contributed by atoms with Crippen LogP contribution in [0.1, 0.15) is 36.8 Å². The molecule has 0 unspecified atom stereocenters. The topological polar surface area (TPSA) is 66.9 Å². The number of anilines is 2. The normalized spacial score (nSPS) is 12.0. The first-order valence-corrected chi connectivity index (χ1v) is 7.62. The number of hydrogen-bond acceptors (Lipinski definition) is 4. The van der Waals surface area contributed by atoms with Gasteiger partial charge in [-0.3, -0.25) is 4.79 Å². The zero-order valence-corrected chi connectivity index (χ0v) is 14.5. The number of alkyl halides is 3. The molecule has 0 saturated carbocycles. The van der Waals surface area contributed by atoms with Crippen molar-refractivity contribution in [3.8, 4) is 0 Å². The summed E-state index contributed by atoms with van der Waals surface area (Å²) in [6, 6.07) is 4.10. The second-order valence-corrected chi connectivity index (χ2v) is 6.72. The first-order chi connectivity index (χ1) is 11.5. The number of amides is 1. The van der Waals surface area contributed by atoms with Crippen molar-refractivity contribution >= 4 is 29.0 Å². The maximum Gasteiger partial charge on any atom is 0.416 e.